The summed E-state index contributed by atoms with van der Waals surface area (Å²) in [6.45, 7) is 5.15. The van der Waals surface area contributed by atoms with Gasteiger partial charge in [0.25, 0.3) is 10.0 Å². The van der Waals surface area contributed by atoms with E-state index in [0.717, 1.165) is 42.0 Å². The van der Waals surface area contributed by atoms with E-state index in [1.54, 1.807) is 48.5 Å². The number of sulfonamides is 1. The quantitative estimate of drug-likeness (QED) is 0.272. The minimum absolute atomic E-state index is 0.0707. The van der Waals surface area contributed by atoms with Gasteiger partial charge in [0, 0.05) is 17.6 Å². The molecule has 0 spiro atoms. The molecule has 1 saturated carbocycles. The van der Waals surface area contributed by atoms with Crippen molar-refractivity contribution in [1.29, 1.82) is 0 Å². The largest absolute Gasteiger partial charge is 0.352 e. The van der Waals surface area contributed by atoms with Gasteiger partial charge >= 0.3 is 0 Å². The maximum atomic E-state index is 14.3. The number of para-hydroxylation sites is 1. The van der Waals surface area contributed by atoms with Crippen molar-refractivity contribution >= 4 is 39.1 Å². The molecule has 224 valence electrons. The minimum atomic E-state index is -4.12. The molecule has 0 heterocycles. The van der Waals surface area contributed by atoms with Gasteiger partial charge in [-0.2, -0.15) is 0 Å². The van der Waals surface area contributed by atoms with Crippen LogP contribution in [-0.4, -0.2) is 43.8 Å². The molecule has 7 nitrogen and oxygen atoms in total. The van der Waals surface area contributed by atoms with Gasteiger partial charge in [-0.1, -0.05) is 91.9 Å². The molecule has 1 N–H and O–H groups in total. The van der Waals surface area contributed by atoms with Gasteiger partial charge in [0.1, 0.15) is 12.6 Å². The second-order valence-electron chi connectivity index (χ2n) is 11.0. The van der Waals surface area contributed by atoms with Crippen LogP contribution in [-0.2, 0) is 26.2 Å². The van der Waals surface area contributed by atoms with E-state index < -0.39 is 28.5 Å². The number of nitrogens with one attached hydrogen (secondary N) is 1. The molecular formula is C33H40ClN3O4S. The highest BCUT2D eigenvalue weighted by molar-refractivity contribution is 7.92. The van der Waals surface area contributed by atoms with Crippen LogP contribution >= 0.6 is 11.6 Å². The summed E-state index contributed by atoms with van der Waals surface area (Å²) in [4.78, 5) is 29.5. The zero-order valence-corrected chi connectivity index (χ0v) is 26.1. The number of hydrogen-bond donors (Lipinski definition) is 1. The molecule has 42 heavy (non-hydrogen) atoms. The lowest BCUT2D eigenvalue weighted by atomic mass is 9.95. The van der Waals surface area contributed by atoms with Gasteiger partial charge in [0.05, 0.1) is 10.6 Å². The summed E-state index contributed by atoms with van der Waals surface area (Å²) in [6, 6.07) is 20.1. The second-order valence-corrected chi connectivity index (χ2v) is 13.3. The van der Waals surface area contributed by atoms with Gasteiger partial charge in [0.15, 0.2) is 0 Å². The Labute approximate surface area is 254 Å². The first kappa shape index (κ1) is 31.6. The van der Waals surface area contributed by atoms with E-state index in [9.17, 15) is 18.0 Å². The number of benzene rings is 3. The van der Waals surface area contributed by atoms with E-state index in [2.05, 4.69) is 5.32 Å². The molecule has 3 aromatic carbocycles. The Balaban J connectivity index is 1.72. The lowest BCUT2D eigenvalue weighted by Crippen LogP contribution is -2.54. The van der Waals surface area contributed by atoms with E-state index in [4.69, 9.17) is 11.6 Å². The van der Waals surface area contributed by atoms with Crippen LogP contribution in [0.5, 0.6) is 0 Å². The summed E-state index contributed by atoms with van der Waals surface area (Å²) in [5.41, 5.74) is 2.72. The number of amides is 2. The lowest BCUT2D eigenvalue weighted by molar-refractivity contribution is -0.140. The number of aryl methyl sites for hydroxylation is 2. The minimum Gasteiger partial charge on any atom is -0.352 e. The lowest BCUT2D eigenvalue weighted by Gasteiger charge is -2.35. The Hall–Kier alpha value is -3.36. The molecule has 0 saturated heterocycles. The van der Waals surface area contributed by atoms with Crippen molar-refractivity contribution in [3.05, 3.63) is 94.5 Å². The summed E-state index contributed by atoms with van der Waals surface area (Å²) in [5.74, 6) is -0.715. The Bertz CT molecular complexity index is 1490. The standard InChI is InChI=1S/C33H40ClN3O4S/c1-4-30(33(39)35-27-14-6-5-7-15-27)36(22-26-13-9-10-16-29(26)34)32(38)23-37(31-17-11-8-12-25(31)3)42(40,41)28-20-18-24(2)19-21-28/h8-13,16-21,27,30H,4-7,14-15,22-23H2,1-3H3,(H,35,39). The number of anilines is 1. The van der Waals surface area contributed by atoms with Crippen LogP contribution in [0.1, 0.15) is 62.1 Å². The monoisotopic (exact) mass is 609 g/mol. The average Bonchev–Trinajstić information content (AvgIpc) is 2.98. The Morgan fingerprint density at radius 2 is 1.57 bits per heavy atom. The van der Waals surface area contributed by atoms with E-state index in [1.807, 2.05) is 45.0 Å². The Morgan fingerprint density at radius 3 is 2.21 bits per heavy atom. The first-order chi connectivity index (χ1) is 20.1. The molecule has 1 aliphatic carbocycles. The maximum Gasteiger partial charge on any atom is 0.264 e. The van der Waals surface area contributed by atoms with Gasteiger partial charge in [-0.05, 0) is 68.5 Å². The second kappa shape index (κ2) is 14.2. The zero-order chi connectivity index (χ0) is 30.3. The third-order valence-electron chi connectivity index (χ3n) is 7.91. The molecule has 0 bridgehead atoms. The average molecular weight is 610 g/mol. The van der Waals surface area contributed by atoms with Gasteiger partial charge in [-0.25, -0.2) is 8.42 Å². The van der Waals surface area contributed by atoms with Crippen LogP contribution < -0.4 is 9.62 Å². The maximum absolute atomic E-state index is 14.3. The third kappa shape index (κ3) is 7.53. The van der Waals surface area contributed by atoms with Crippen molar-refractivity contribution < 1.29 is 18.0 Å². The van der Waals surface area contributed by atoms with Crippen LogP contribution in [0.2, 0.25) is 5.02 Å². The molecule has 0 radical (unpaired) electrons. The predicted octanol–water partition coefficient (Wildman–Crippen LogP) is 6.41. The highest BCUT2D eigenvalue weighted by Crippen LogP contribution is 2.28. The topological polar surface area (TPSA) is 86.8 Å². The number of halogens is 1. The normalized spacial score (nSPS) is 14.7. The summed E-state index contributed by atoms with van der Waals surface area (Å²) >= 11 is 6.50. The van der Waals surface area contributed by atoms with Crippen molar-refractivity contribution in [2.45, 2.75) is 82.8 Å². The van der Waals surface area contributed by atoms with E-state index in [0.29, 0.717) is 28.3 Å². The first-order valence-electron chi connectivity index (χ1n) is 14.6. The molecule has 1 aliphatic rings. The molecule has 4 rings (SSSR count). The van der Waals surface area contributed by atoms with Crippen molar-refractivity contribution in [3.63, 3.8) is 0 Å². The summed E-state index contributed by atoms with van der Waals surface area (Å²) in [5, 5.41) is 3.64. The molecule has 0 aromatic heterocycles. The fourth-order valence-electron chi connectivity index (χ4n) is 5.47. The van der Waals surface area contributed by atoms with Crippen molar-refractivity contribution in [2.24, 2.45) is 0 Å². The molecule has 2 amide bonds. The van der Waals surface area contributed by atoms with E-state index in [1.165, 1.54) is 4.90 Å². The molecule has 1 unspecified atom stereocenters. The zero-order valence-electron chi connectivity index (χ0n) is 24.6. The van der Waals surface area contributed by atoms with Crippen LogP contribution in [0, 0.1) is 13.8 Å². The summed E-state index contributed by atoms with van der Waals surface area (Å²) in [6.07, 6.45) is 5.47. The van der Waals surface area contributed by atoms with E-state index in [-0.39, 0.29) is 23.4 Å². The van der Waals surface area contributed by atoms with Crippen LogP contribution in [0.4, 0.5) is 5.69 Å². The Kier molecular flexibility index (Phi) is 10.7. The molecule has 1 atom stereocenters. The predicted molar refractivity (Wildman–Crippen MR) is 168 cm³/mol. The fraction of sp³-hybridized carbons (Fsp3) is 0.394. The number of carbonyl (C=O) groups is 2. The smallest absolute Gasteiger partial charge is 0.264 e. The van der Waals surface area contributed by atoms with Gasteiger partial charge in [-0.15, -0.1) is 0 Å². The Morgan fingerprint density at radius 1 is 0.929 bits per heavy atom. The molecule has 1 fully saturated rings. The van der Waals surface area contributed by atoms with Gasteiger partial charge in [0.2, 0.25) is 11.8 Å². The van der Waals surface area contributed by atoms with Crippen molar-refractivity contribution in [3.8, 4) is 0 Å². The van der Waals surface area contributed by atoms with E-state index >= 15 is 0 Å². The number of carbonyl (C=O) groups excluding carboxylic acids is 2. The van der Waals surface area contributed by atoms with Crippen LogP contribution in [0.15, 0.2) is 77.7 Å². The van der Waals surface area contributed by atoms with Crippen LogP contribution in [0.25, 0.3) is 0 Å². The molecule has 0 aliphatic heterocycles. The molecule has 3 aromatic rings. The van der Waals surface area contributed by atoms with Crippen molar-refractivity contribution in [1.82, 2.24) is 10.2 Å². The fourth-order valence-corrected chi connectivity index (χ4v) is 7.14. The first-order valence-corrected chi connectivity index (χ1v) is 16.4. The summed E-state index contributed by atoms with van der Waals surface area (Å²) in [7, 11) is -4.12. The van der Waals surface area contributed by atoms with Crippen molar-refractivity contribution in [2.75, 3.05) is 10.8 Å². The van der Waals surface area contributed by atoms with Gasteiger partial charge in [-0.3, -0.25) is 13.9 Å². The summed E-state index contributed by atoms with van der Waals surface area (Å²) < 4.78 is 29.3. The molecular weight excluding hydrogens is 570 g/mol. The van der Waals surface area contributed by atoms with Crippen LogP contribution in [0.3, 0.4) is 0 Å². The number of rotatable bonds is 11. The SMILES string of the molecule is CCC(C(=O)NC1CCCCC1)N(Cc1ccccc1Cl)C(=O)CN(c1ccccc1C)S(=O)(=O)c1ccc(C)cc1. The number of nitrogens with zero attached hydrogens (tertiary/aromatic N) is 2. The third-order valence-corrected chi connectivity index (χ3v) is 10.1. The highest BCUT2D eigenvalue weighted by Gasteiger charge is 2.35. The molecule has 9 heteroatoms. The number of hydrogen-bond acceptors (Lipinski definition) is 4. The van der Waals surface area contributed by atoms with Gasteiger partial charge < -0.3 is 10.2 Å². The highest BCUT2D eigenvalue weighted by atomic mass is 35.5.